The van der Waals surface area contributed by atoms with Crippen LogP contribution in [0.3, 0.4) is 0 Å². The average Bonchev–Trinajstić information content (AvgIpc) is 2.99. The van der Waals surface area contributed by atoms with Crippen LogP contribution in [0.25, 0.3) is 0 Å². The van der Waals surface area contributed by atoms with E-state index in [4.69, 9.17) is 10.6 Å². The molecule has 1 aromatic heterocycles. The van der Waals surface area contributed by atoms with E-state index in [1.165, 1.54) is 21.6 Å². The number of hydrogen-bond acceptors (Lipinski definition) is 4. The second-order valence-corrected chi connectivity index (χ2v) is 5.48. The highest BCUT2D eigenvalue weighted by Crippen LogP contribution is 2.33. The quantitative estimate of drug-likeness (QED) is 0.658. The lowest BCUT2D eigenvalue weighted by molar-refractivity contribution is 0.357. The van der Waals surface area contributed by atoms with E-state index in [2.05, 4.69) is 35.9 Å². The zero-order valence-corrected chi connectivity index (χ0v) is 11.1. The molecule has 0 amide bonds. The second kappa shape index (κ2) is 4.72. The Morgan fingerprint density at radius 3 is 3.00 bits per heavy atom. The molecule has 0 saturated carbocycles. The topological polar surface area (TPSA) is 47.3 Å². The van der Waals surface area contributed by atoms with Gasteiger partial charge in [0.1, 0.15) is 5.75 Å². The van der Waals surface area contributed by atoms with Crippen molar-refractivity contribution in [3.05, 3.63) is 51.2 Å². The monoisotopic (exact) mass is 260 g/mol. The van der Waals surface area contributed by atoms with Crippen LogP contribution >= 0.6 is 11.3 Å². The van der Waals surface area contributed by atoms with Gasteiger partial charge in [-0.1, -0.05) is 6.07 Å². The van der Waals surface area contributed by atoms with Gasteiger partial charge in [-0.25, -0.2) is 5.43 Å². The third-order valence-electron chi connectivity index (χ3n) is 3.38. The molecule has 2 heterocycles. The number of aryl methyl sites for hydroxylation is 1. The number of hydrogen-bond donors (Lipinski definition) is 2. The van der Waals surface area contributed by atoms with Crippen molar-refractivity contribution >= 4 is 11.3 Å². The van der Waals surface area contributed by atoms with E-state index < -0.39 is 0 Å². The van der Waals surface area contributed by atoms with Crippen LogP contribution in [-0.4, -0.2) is 6.61 Å². The first kappa shape index (κ1) is 11.7. The largest absolute Gasteiger partial charge is 0.493 e. The van der Waals surface area contributed by atoms with Crippen LogP contribution in [0, 0.1) is 6.92 Å². The van der Waals surface area contributed by atoms with Gasteiger partial charge >= 0.3 is 0 Å². The molecular formula is C14H16N2OS. The molecule has 0 spiro atoms. The number of thiophene rings is 1. The van der Waals surface area contributed by atoms with Crippen molar-refractivity contribution in [2.45, 2.75) is 19.4 Å². The van der Waals surface area contributed by atoms with Crippen molar-refractivity contribution in [2.75, 3.05) is 6.61 Å². The van der Waals surface area contributed by atoms with Crippen LogP contribution in [0.2, 0.25) is 0 Å². The van der Waals surface area contributed by atoms with Crippen LogP contribution in [-0.2, 0) is 6.42 Å². The minimum absolute atomic E-state index is 0.0656. The van der Waals surface area contributed by atoms with E-state index in [9.17, 15) is 0 Å². The molecule has 3 nitrogen and oxygen atoms in total. The molecule has 1 aliphatic heterocycles. The Morgan fingerprint density at radius 2 is 2.28 bits per heavy atom. The first-order chi connectivity index (χ1) is 8.79. The van der Waals surface area contributed by atoms with Gasteiger partial charge < -0.3 is 4.74 Å². The van der Waals surface area contributed by atoms with E-state index in [1.807, 2.05) is 6.07 Å². The minimum atomic E-state index is 0.0656. The van der Waals surface area contributed by atoms with Crippen molar-refractivity contribution in [1.29, 1.82) is 0 Å². The first-order valence-corrected chi connectivity index (χ1v) is 6.93. The molecule has 18 heavy (non-hydrogen) atoms. The number of ether oxygens (including phenoxy) is 1. The lowest BCUT2D eigenvalue weighted by atomic mass is 10.0. The van der Waals surface area contributed by atoms with Crippen LogP contribution < -0.4 is 16.0 Å². The molecule has 4 heteroatoms. The molecule has 0 fully saturated rings. The molecule has 1 atom stereocenters. The Morgan fingerprint density at radius 1 is 1.39 bits per heavy atom. The molecule has 3 N–H and O–H groups in total. The van der Waals surface area contributed by atoms with Gasteiger partial charge in [-0.3, -0.25) is 5.84 Å². The highest BCUT2D eigenvalue weighted by molar-refractivity contribution is 7.10. The Labute approximate surface area is 111 Å². The normalized spacial score (nSPS) is 15.2. The average molecular weight is 260 g/mol. The molecule has 1 unspecified atom stereocenters. The molecule has 0 radical (unpaired) electrons. The Bertz CT molecular complexity index is 565. The van der Waals surface area contributed by atoms with Gasteiger partial charge in [0.05, 0.1) is 12.6 Å². The first-order valence-electron chi connectivity index (χ1n) is 6.05. The van der Waals surface area contributed by atoms with Crippen molar-refractivity contribution in [1.82, 2.24) is 5.43 Å². The lowest BCUT2D eigenvalue weighted by Crippen LogP contribution is -2.28. The number of nitrogens with one attached hydrogen (secondary N) is 1. The summed E-state index contributed by atoms with van der Waals surface area (Å²) >= 11 is 1.74. The van der Waals surface area contributed by atoms with E-state index in [-0.39, 0.29) is 6.04 Å². The molecular weight excluding hydrogens is 244 g/mol. The summed E-state index contributed by atoms with van der Waals surface area (Å²) in [6.45, 7) is 2.91. The zero-order chi connectivity index (χ0) is 12.5. The minimum Gasteiger partial charge on any atom is -0.493 e. The highest BCUT2D eigenvalue weighted by atomic mass is 32.1. The molecule has 3 rings (SSSR count). The summed E-state index contributed by atoms with van der Waals surface area (Å²) in [6, 6.07) is 8.53. The van der Waals surface area contributed by atoms with Gasteiger partial charge in [0.25, 0.3) is 0 Å². The fourth-order valence-electron chi connectivity index (χ4n) is 2.39. The smallest absolute Gasteiger partial charge is 0.122 e. The predicted octanol–water partition coefficient (Wildman–Crippen LogP) is 2.54. The van der Waals surface area contributed by atoms with E-state index in [1.54, 1.807) is 11.3 Å². The summed E-state index contributed by atoms with van der Waals surface area (Å²) in [6.07, 6.45) is 0.990. The summed E-state index contributed by atoms with van der Waals surface area (Å²) in [4.78, 5) is 1.27. The van der Waals surface area contributed by atoms with Gasteiger partial charge in [0.15, 0.2) is 0 Å². The Hall–Kier alpha value is -1.36. The van der Waals surface area contributed by atoms with Crippen LogP contribution in [0.5, 0.6) is 5.75 Å². The lowest BCUT2D eigenvalue weighted by Gasteiger charge is -2.17. The number of fused-ring (bicyclic) bond motifs is 1. The number of benzene rings is 1. The standard InChI is InChI=1S/C14H16N2OS/c1-9-5-7-18-14(9)13(16-15)11-2-3-12-10(8-11)4-6-17-12/h2-3,5,7-8,13,16H,4,6,15H2,1H3. The maximum Gasteiger partial charge on any atom is 0.122 e. The molecule has 0 bridgehead atoms. The number of nitrogens with two attached hydrogens (primary N) is 1. The van der Waals surface area contributed by atoms with Crippen molar-refractivity contribution < 1.29 is 4.74 Å². The van der Waals surface area contributed by atoms with Crippen LogP contribution in [0.4, 0.5) is 0 Å². The third-order valence-corrected chi connectivity index (χ3v) is 4.46. The summed E-state index contributed by atoms with van der Waals surface area (Å²) < 4.78 is 5.53. The SMILES string of the molecule is Cc1ccsc1C(NN)c1ccc2c(c1)CCO2. The number of hydrazine groups is 1. The van der Waals surface area contributed by atoms with Gasteiger partial charge in [0, 0.05) is 11.3 Å². The van der Waals surface area contributed by atoms with E-state index in [0.29, 0.717) is 0 Å². The molecule has 2 aromatic rings. The maximum atomic E-state index is 5.74. The molecule has 1 aromatic carbocycles. The van der Waals surface area contributed by atoms with E-state index in [0.717, 1.165) is 18.8 Å². The highest BCUT2D eigenvalue weighted by Gasteiger charge is 2.19. The number of rotatable bonds is 3. The molecule has 1 aliphatic rings. The summed E-state index contributed by atoms with van der Waals surface area (Å²) in [7, 11) is 0. The Balaban J connectivity index is 2.00. The van der Waals surface area contributed by atoms with Crippen LogP contribution in [0.1, 0.15) is 27.6 Å². The second-order valence-electron chi connectivity index (χ2n) is 4.53. The Kier molecular flexibility index (Phi) is 3.07. The molecule has 0 saturated heterocycles. The van der Waals surface area contributed by atoms with Gasteiger partial charge in [-0.2, -0.15) is 0 Å². The van der Waals surface area contributed by atoms with Gasteiger partial charge in [0.2, 0.25) is 0 Å². The molecule has 94 valence electrons. The van der Waals surface area contributed by atoms with Crippen molar-refractivity contribution in [3.8, 4) is 5.75 Å². The summed E-state index contributed by atoms with van der Waals surface area (Å²) in [5.41, 5.74) is 6.68. The fourth-order valence-corrected chi connectivity index (χ4v) is 3.40. The zero-order valence-electron chi connectivity index (χ0n) is 10.3. The van der Waals surface area contributed by atoms with Gasteiger partial charge in [-0.15, -0.1) is 11.3 Å². The van der Waals surface area contributed by atoms with Crippen molar-refractivity contribution in [3.63, 3.8) is 0 Å². The van der Waals surface area contributed by atoms with Gasteiger partial charge in [-0.05, 0) is 47.2 Å². The maximum absolute atomic E-state index is 5.74. The predicted molar refractivity (Wildman–Crippen MR) is 73.9 cm³/mol. The third kappa shape index (κ3) is 1.92. The molecule has 0 aliphatic carbocycles. The fraction of sp³-hybridized carbons (Fsp3) is 0.286. The summed E-state index contributed by atoms with van der Waals surface area (Å²) in [5, 5.41) is 2.10. The van der Waals surface area contributed by atoms with Crippen molar-refractivity contribution in [2.24, 2.45) is 5.84 Å². The summed E-state index contributed by atoms with van der Waals surface area (Å²) in [5.74, 6) is 6.75. The van der Waals surface area contributed by atoms with Crippen LogP contribution in [0.15, 0.2) is 29.6 Å². The van der Waals surface area contributed by atoms with E-state index >= 15 is 0 Å².